The molecule has 1 aromatic heterocycles. The zero-order valence-electron chi connectivity index (χ0n) is 11.1. The Bertz CT molecular complexity index is 651. The van der Waals surface area contributed by atoms with Crippen LogP contribution in [0.25, 0.3) is 11.4 Å². The van der Waals surface area contributed by atoms with E-state index in [-0.39, 0.29) is 0 Å². The number of nitrogens with zero attached hydrogens (tertiary/aromatic N) is 3. The molecule has 1 atom stereocenters. The summed E-state index contributed by atoms with van der Waals surface area (Å²) in [5.41, 5.74) is 0.779. The quantitative estimate of drug-likeness (QED) is 0.924. The first-order valence-corrected chi connectivity index (χ1v) is 6.51. The molecular formula is C14H15N3O3. The summed E-state index contributed by atoms with van der Waals surface area (Å²) in [5.74, 6) is 0.321. The first kappa shape index (κ1) is 12.7. The summed E-state index contributed by atoms with van der Waals surface area (Å²) in [6, 6.07) is 7.46. The van der Waals surface area contributed by atoms with Crippen molar-refractivity contribution in [3.05, 3.63) is 30.1 Å². The van der Waals surface area contributed by atoms with Crippen LogP contribution in [0.15, 0.2) is 24.3 Å². The molecule has 104 valence electrons. The Kier molecular flexibility index (Phi) is 3.14. The topological polar surface area (TPSA) is 77.2 Å². The van der Waals surface area contributed by atoms with Crippen LogP contribution in [0.2, 0.25) is 0 Å². The predicted molar refractivity (Wildman–Crippen MR) is 71.6 cm³/mol. The Hall–Kier alpha value is -2.37. The van der Waals surface area contributed by atoms with Crippen LogP contribution in [0.3, 0.4) is 0 Å². The van der Waals surface area contributed by atoms with E-state index in [2.05, 4.69) is 10.1 Å². The molecule has 0 spiro atoms. The largest absolute Gasteiger partial charge is 0.496 e. The van der Waals surface area contributed by atoms with E-state index in [1.807, 2.05) is 24.3 Å². The predicted octanol–water partition coefficient (Wildman–Crippen LogP) is 1.92. The summed E-state index contributed by atoms with van der Waals surface area (Å²) in [7, 11) is 1.59. The third-order valence-corrected chi connectivity index (χ3v) is 3.52. The average molecular weight is 273 g/mol. The number of hydrogen-bond donors (Lipinski definition) is 1. The molecular weight excluding hydrogens is 258 g/mol. The van der Waals surface area contributed by atoms with Gasteiger partial charge in [-0.1, -0.05) is 12.1 Å². The number of aryl methyl sites for hydroxylation is 1. The van der Waals surface area contributed by atoms with Gasteiger partial charge in [-0.05, 0) is 25.0 Å². The van der Waals surface area contributed by atoms with E-state index in [4.69, 9.17) is 4.74 Å². The summed E-state index contributed by atoms with van der Waals surface area (Å²) >= 11 is 0. The van der Waals surface area contributed by atoms with Crippen LogP contribution in [0, 0.1) is 0 Å². The molecule has 20 heavy (non-hydrogen) atoms. The molecule has 0 aliphatic carbocycles. The molecule has 2 heterocycles. The van der Waals surface area contributed by atoms with Crippen LogP contribution < -0.4 is 4.74 Å². The SMILES string of the molecule is COc1ccccc1-c1nc2n(n1)CCCC2C(=O)O. The molecule has 2 aromatic rings. The average Bonchev–Trinajstić information content (AvgIpc) is 2.90. The molecule has 0 saturated carbocycles. The highest BCUT2D eigenvalue weighted by Gasteiger charge is 2.30. The molecule has 1 aromatic carbocycles. The minimum atomic E-state index is -0.843. The van der Waals surface area contributed by atoms with Crippen molar-refractivity contribution in [2.24, 2.45) is 0 Å². The normalized spacial score (nSPS) is 17.6. The number of carboxylic acids is 1. The maximum absolute atomic E-state index is 11.3. The molecule has 1 unspecified atom stereocenters. The summed E-state index contributed by atoms with van der Waals surface area (Å²) in [5, 5.41) is 13.7. The third-order valence-electron chi connectivity index (χ3n) is 3.52. The van der Waals surface area contributed by atoms with Gasteiger partial charge in [0.1, 0.15) is 17.5 Å². The van der Waals surface area contributed by atoms with Gasteiger partial charge in [-0.15, -0.1) is 0 Å². The fraction of sp³-hybridized carbons (Fsp3) is 0.357. The number of aromatic nitrogens is 3. The van der Waals surface area contributed by atoms with Crippen molar-refractivity contribution in [3.8, 4) is 17.1 Å². The van der Waals surface area contributed by atoms with E-state index in [9.17, 15) is 9.90 Å². The van der Waals surface area contributed by atoms with Crippen molar-refractivity contribution in [1.29, 1.82) is 0 Å². The van der Waals surface area contributed by atoms with Crippen LogP contribution in [0.5, 0.6) is 5.75 Å². The second kappa shape index (κ2) is 4.96. The Morgan fingerprint density at radius 3 is 3.00 bits per heavy atom. The molecule has 1 aliphatic heterocycles. The smallest absolute Gasteiger partial charge is 0.314 e. The van der Waals surface area contributed by atoms with Crippen LogP contribution in [-0.2, 0) is 11.3 Å². The molecule has 1 N–H and O–H groups in total. The number of benzene rings is 1. The lowest BCUT2D eigenvalue weighted by Crippen LogP contribution is -2.22. The highest BCUT2D eigenvalue weighted by Crippen LogP contribution is 2.31. The van der Waals surface area contributed by atoms with E-state index in [0.29, 0.717) is 30.4 Å². The van der Waals surface area contributed by atoms with Crippen LogP contribution in [-0.4, -0.2) is 33.0 Å². The lowest BCUT2D eigenvalue weighted by molar-refractivity contribution is -0.139. The molecule has 6 nitrogen and oxygen atoms in total. The minimum absolute atomic E-state index is 0.519. The van der Waals surface area contributed by atoms with E-state index < -0.39 is 11.9 Å². The molecule has 1 aliphatic rings. The lowest BCUT2D eigenvalue weighted by Gasteiger charge is -2.17. The van der Waals surface area contributed by atoms with Gasteiger partial charge in [-0.3, -0.25) is 4.79 Å². The molecule has 3 rings (SSSR count). The van der Waals surface area contributed by atoms with Crippen LogP contribution in [0.4, 0.5) is 0 Å². The van der Waals surface area contributed by atoms with Gasteiger partial charge in [0.2, 0.25) is 0 Å². The summed E-state index contributed by atoms with van der Waals surface area (Å²) in [6.45, 7) is 0.710. The monoisotopic (exact) mass is 273 g/mol. The highest BCUT2D eigenvalue weighted by atomic mass is 16.5. The van der Waals surface area contributed by atoms with Crippen molar-refractivity contribution in [2.75, 3.05) is 7.11 Å². The van der Waals surface area contributed by atoms with Crippen molar-refractivity contribution < 1.29 is 14.6 Å². The minimum Gasteiger partial charge on any atom is -0.496 e. The summed E-state index contributed by atoms with van der Waals surface area (Å²) in [4.78, 5) is 15.7. The zero-order chi connectivity index (χ0) is 14.1. The number of ether oxygens (including phenoxy) is 1. The number of carbonyl (C=O) groups is 1. The van der Waals surface area contributed by atoms with Crippen molar-refractivity contribution in [1.82, 2.24) is 14.8 Å². The van der Waals surface area contributed by atoms with E-state index in [1.165, 1.54) is 0 Å². The van der Waals surface area contributed by atoms with Crippen molar-refractivity contribution >= 4 is 5.97 Å². The molecule has 0 radical (unpaired) electrons. The third kappa shape index (κ3) is 2.03. The number of hydrogen-bond acceptors (Lipinski definition) is 4. The number of para-hydroxylation sites is 1. The van der Waals surface area contributed by atoms with Gasteiger partial charge in [0.25, 0.3) is 0 Å². The van der Waals surface area contributed by atoms with Gasteiger partial charge in [0.15, 0.2) is 5.82 Å². The second-order valence-electron chi connectivity index (χ2n) is 4.75. The van der Waals surface area contributed by atoms with Gasteiger partial charge in [0, 0.05) is 6.54 Å². The number of carboxylic acid groups (broad SMARTS) is 1. The van der Waals surface area contributed by atoms with Gasteiger partial charge >= 0.3 is 5.97 Å². The fourth-order valence-corrected chi connectivity index (χ4v) is 2.53. The van der Waals surface area contributed by atoms with E-state index in [1.54, 1.807) is 11.8 Å². The van der Waals surface area contributed by atoms with E-state index in [0.717, 1.165) is 12.0 Å². The van der Waals surface area contributed by atoms with Gasteiger partial charge in [-0.25, -0.2) is 9.67 Å². The maximum atomic E-state index is 11.3. The Morgan fingerprint density at radius 2 is 2.25 bits per heavy atom. The number of rotatable bonds is 3. The Balaban J connectivity index is 2.07. The van der Waals surface area contributed by atoms with Crippen molar-refractivity contribution in [2.45, 2.75) is 25.3 Å². The number of methoxy groups -OCH3 is 1. The van der Waals surface area contributed by atoms with Crippen LogP contribution in [0.1, 0.15) is 24.6 Å². The molecule has 0 amide bonds. The second-order valence-corrected chi connectivity index (χ2v) is 4.75. The van der Waals surface area contributed by atoms with Gasteiger partial charge < -0.3 is 9.84 Å². The summed E-state index contributed by atoms with van der Waals surface area (Å²) < 4.78 is 7.00. The lowest BCUT2D eigenvalue weighted by atomic mass is 10.00. The molecule has 0 saturated heterocycles. The standard InChI is InChI=1S/C14H15N3O3/c1-20-11-7-3-2-5-9(11)12-15-13-10(14(18)19)6-4-8-17(13)16-12/h2-3,5,7,10H,4,6,8H2,1H3,(H,18,19). The van der Waals surface area contributed by atoms with Crippen LogP contribution >= 0.6 is 0 Å². The maximum Gasteiger partial charge on any atom is 0.314 e. The number of aliphatic carboxylic acids is 1. The molecule has 0 bridgehead atoms. The summed E-state index contributed by atoms with van der Waals surface area (Å²) in [6.07, 6.45) is 1.41. The number of fused-ring (bicyclic) bond motifs is 1. The Labute approximate surface area is 116 Å². The first-order valence-electron chi connectivity index (χ1n) is 6.51. The van der Waals surface area contributed by atoms with Gasteiger partial charge in [-0.2, -0.15) is 5.10 Å². The van der Waals surface area contributed by atoms with Crippen molar-refractivity contribution in [3.63, 3.8) is 0 Å². The molecule has 0 fully saturated rings. The van der Waals surface area contributed by atoms with E-state index >= 15 is 0 Å². The fourth-order valence-electron chi connectivity index (χ4n) is 2.53. The highest BCUT2D eigenvalue weighted by molar-refractivity contribution is 5.75. The van der Waals surface area contributed by atoms with Gasteiger partial charge in [0.05, 0.1) is 12.7 Å². The zero-order valence-corrected chi connectivity index (χ0v) is 11.1. The molecule has 6 heteroatoms. The Morgan fingerprint density at radius 1 is 1.45 bits per heavy atom. The first-order chi connectivity index (χ1) is 9.70.